The van der Waals surface area contributed by atoms with E-state index in [2.05, 4.69) is 41.6 Å². The maximum Gasteiger partial charge on any atom is 0.408 e. The van der Waals surface area contributed by atoms with Gasteiger partial charge in [0.05, 0.1) is 12.2 Å². The maximum absolute atomic E-state index is 13.1. The summed E-state index contributed by atoms with van der Waals surface area (Å²) in [7, 11) is 0. The lowest BCUT2D eigenvalue weighted by atomic mass is 9.99. The molecule has 2 aromatic heterocycles. The van der Waals surface area contributed by atoms with E-state index >= 15 is 0 Å². The number of hydrogen-bond acceptors (Lipinski definition) is 8. The number of benzene rings is 1. The molecule has 11 nitrogen and oxygen atoms in total. The number of ether oxygens (including phenoxy) is 2. The van der Waals surface area contributed by atoms with Gasteiger partial charge in [-0.05, 0) is 57.5 Å². The van der Waals surface area contributed by atoms with E-state index in [1.807, 2.05) is 26.0 Å². The number of nitrogens with one attached hydrogen (secondary N) is 2. The van der Waals surface area contributed by atoms with Crippen molar-refractivity contribution in [2.45, 2.75) is 46.8 Å². The highest BCUT2D eigenvalue weighted by atomic mass is 79.9. The number of aromatic amines is 1. The summed E-state index contributed by atoms with van der Waals surface area (Å²) in [5.41, 5.74) is 2.46. The van der Waals surface area contributed by atoms with Crippen LogP contribution in [0.25, 0.3) is 11.5 Å². The number of H-pyrrole nitrogens is 1. The van der Waals surface area contributed by atoms with E-state index in [1.54, 1.807) is 32.9 Å². The number of ketones is 1. The zero-order valence-electron chi connectivity index (χ0n) is 20.1. The normalized spacial score (nSPS) is 11.3. The van der Waals surface area contributed by atoms with Gasteiger partial charge in [0, 0.05) is 21.3 Å². The number of carbonyl (C=O) groups is 3. The van der Waals surface area contributed by atoms with Crippen LogP contribution in [0, 0.1) is 13.8 Å². The molecule has 1 aromatic carbocycles. The molecular formula is C23H27BrN6O5. The first-order chi connectivity index (χ1) is 16.4. The summed E-state index contributed by atoms with van der Waals surface area (Å²) in [5, 5.41) is 14.7. The highest BCUT2D eigenvalue weighted by molar-refractivity contribution is 9.10. The van der Waals surface area contributed by atoms with Gasteiger partial charge in [0.1, 0.15) is 18.8 Å². The second kappa shape index (κ2) is 10.8. The van der Waals surface area contributed by atoms with Gasteiger partial charge >= 0.3 is 12.1 Å². The first-order valence-electron chi connectivity index (χ1n) is 10.8. The number of aromatic nitrogens is 5. The van der Waals surface area contributed by atoms with Crippen molar-refractivity contribution in [2.24, 2.45) is 0 Å². The van der Waals surface area contributed by atoms with Crippen LogP contribution >= 0.6 is 15.9 Å². The molecule has 3 aromatic rings. The summed E-state index contributed by atoms with van der Waals surface area (Å²) in [4.78, 5) is 40.9. The van der Waals surface area contributed by atoms with E-state index in [9.17, 15) is 14.4 Å². The SMILES string of the molecule is Cc1[nH]c(-c2nnn(CCOC(=O)CNC(=O)OC(C)(C)C)n2)c(C)c1C(=O)c1cccc(Br)c1. The number of halogens is 1. The molecule has 0 aliphatic carbocycles. The van der Waals surface area contributed by atoms with E-state index in [4.69, 9.17) is 9.47 Å². The fourth-order valence-corrected chi connectivity index (χ4v) is 3.68. The number of rotatable bonds is 8. The summed E-state index contributed by atoms with van der Waals surface area (Å²) in [6.07, 6.45) is -0.702. The third-order valence-corrected chi connectivity index (χ3v) is 5.25. The Morgan fingerprint density at radius 2 is 1.94 bits per heavy atom. The Labute approximate surface area is 210 Å². The van der Waals surface area contributed by atoms with Crippen molar-refractivity contribution in [2.75, 3.05) is 13.2 Å². The van der Waals surface area contributed by atoms with Crippen molar-refractivity contribution in [3.63, 3.8) is 0 Å². The summed E-state index contributed by atoms with van der Waals surface area (Å²) < 4.78 is 11.0. The molecule has 0 atom stereocenters. The van der Waals surface area contributed by atoms with Crippen LogP contribution in [0.3, 0.4) is 0 Å². The molecule has 35 heavy (non-hydrogen) atoms. The molecule has 12 heteroatoms. The molecule has 0 aliphatic heterocycles. The minimum Gasteiger partial charge on any atom is -0.462 e. The smallest absolute Gasteiger partial charge is 0.408 e. The monoisotopic (exact) mass is 546 g/mol. The molecular weight excluding hydrogens is 520 g/mol. The maximum atomic E-state index is 13.1. The van der Waals surface area contributed by atoms with Crippen molar-refractivity contribution < 1.29 is 23.9 Å². The molecule has 1 amide bonds. The predicted molar refractivity (Wildman–Crippen MR) is 130 cm³/mol. The number of aryl methyl sites for hydroxylation is 1. The van der Waals surface area contributed by atoms with Gasteiger partial charge in [-0.2, -0.15) is 4.80 Å². The van der Waals surface area contributed by atoms with Crippen LogP contribution in [0.1, 0.15) is 48.0 Å². The Bertz CT molecular complexity index is 1240. The summed E-state index contributed by atoms with van der Waals surface area (Å²) >= 11 is 3.39. The van der Waals surface area contributed by atoms with E-state index in [1.165, 1.54) is 4.80 Å². The Balaban J connectivity index is 1.58. The summed E-state index contributed by atoms with van der Waals surface area (Å²) in [5.74, 6) is -0.414. The highest BCUT2D eigenvalue weighted by Crippen LogP contribution is 2.27. The van der Waals surface area contributed by atoms with E-state index < -0.39 is 17.7 Å². The van der Waals surface area contributed by atoms with Crippen LogP contribution in [0.4, 0.5) is 4.79 Å². The second-order valence-electron chi connectivity index (χ2n) is 8.75. The average molecular weight is 547 g/mol. The number of alkyl carbamates (subject to hydrolysis) is 1. The zero-order valence-corrected chi connectivity index (χ0v) is 21.7. The largest absolute Gasteiger partial charge is 0.462 e. The van der Waals surface area contributed by atoms with Gasteiger partial charge in [-0.25, -0.2) is 4.79 Å². The minimum atomic E-state index is -0.702. The Hall–Kier alpha value is -3.54. The Morgan fingerprint density at radius 1 is 1.20 bits per heavy atom. The van der Waals surface area contributed by atoms with Crippen molar-refractivity contribution in [3.05, 3.63) is 51.1 Å². The Morgan fingerprint density at radius 3 is 2.63 bits per heavy atom. The standard InChI is InChI=1S/C23H27BrN6O5/c1-13-18(20(32)15-7-6-8-16(24)11-15)14(2)26-19(13)21-27-29-30(28-21)9-10-34-17(31)12-25-22(33)35-23(3,4)5/h6-8,11,26H,9-10,12H2,1-5H3,(H,25,33). The molecule has 0 bridgehead atoms. The van der Waals surface area contributed by atoms with Gasteiger partial charge < -0.3 is 19.8 Å². The van der Waals surface area contributed by atoms with Gasteiger partial charge in [0.15, 0.2) is 5.78 Å². The van der Waals surface area contributed by atoms with Crippen LogP contribution in [0.2, 0.25) is 0 Å². The molecule has 0 spiro atoms. The second-order valence-corrected chi connectivity index (χ2v) is 9.67. The lowest BCUT2D eigenvalue weighted by Crippen LogP contribution is -2.36. The van der Waals surface area contributed by atoms with Crippen LogP contribution in [-0.2, 0) is 20.8 Å². The van der Waals surface area contributed by atoms with E-state index in [0.717, 1.165) is 4.47 Å². The molecule has 0 saturated carbocycles. The van der Waals surface area contributed by atoms with Crippen LogP contribution in [-0.4, -0.2) is 61.8 Å². The Kier molecular flexibility index (Phi) is 8.05. The molecule has 0 fully saturated rings. The third-order valence-electron chi connectivity index (χ3n) is 4.76. The van der Waals surface area contributed by atoms with Crippen LogP contribution < -0.4 is 5.32 Å². The zero-order chi connectivity index (χ0) is 25.8. The lowest BCUT2D eigenvalue weighted by molar-refractivity contribution is -0.142. The number of amides is 1. The number of esters is 1. The lowest BCUT2D eigenvalue weighted by Gasteiger charge is -2.19. The van der Waals surface area contributed by atoms with Gasteiger partial charge in [0.2, 0.25) is 5.82 Å². The average Bonchev–Trinajstić information content (AvgIpc) is 3.34. The summed E-state index contributed by atoms with van der Waals surface area (Å²) in [6.45, 7) is 8.64. The first kappa shape index (κ1) is 26.1. The van der Waals surface area contributed by atoms with Crippen molar-refractivity contribution in [1.29, 1.82) is 0 Å². The number of hydrogen-bond donors (Lipinski definition) is 2. The first-order valence-corrected chi connectivity index (χ1v) is 11.6. The molecule has 0 radical (unpaired) electrons. The van der Waals surface area contributed by atoms with E-state index in [0.29, 0.717) is 33.9 Å². The van der Waals surface area contributed by atoms with Crippen molar-refractivity contribution >= 4 is 33.8 Å². The molecule has 0 saturated heterocycles. The molecule has 186 valence electrons. The molecule has 3 rings (SSSR count). The van der Waals surface area contributed by atoms with Gasteiger partial charge in [0.25, 0.3) is 0 Å². The number of nitrogens with zero attached hydrogens (tertiary/aromatic N) is 4. The van der Waals surface area contributed by atoms with Crippen LogP contribution in [0.5, 0.6) is 0 Å². The van der Waals surface area contributed by atoms with Gasteiger partial charge in [-0.3, -0.25) is 9.59 Å². The molecule has 2 heterocycles. The molecule has 2 N–H and O–H groups in total. The topological polar surface area (TPSA) is 141 Å². The number of carbonyl (C=O) groups excluding carboxylic acids is 3. The van der Waals surface area contributed by atoms with Crippen LogP contribution in [0.15, 0.2) is 28.7 Å². The van der Waals surface area contributed by atoms with Gasteiger partial charge in [-0.1, -0.05) is 28.1 Å². The fraction of sp³-hybridized carbons (Fsp3) is 0.391. The van der Waals surface area contributed by atoms with Crippen molar-refractivity contribution in [1.82, 2.24) is 30.5 Å². The fourth-order valence-electron chi connectivity index (χ4n) is 3.28. The van der Waals surface area contributed by atoms with Gasteiger partial charge in [-0.15, -0.1) is 10.2 Å². The number of tetrazole rings is 1. The van der Waals surface area contributed by atoms with E-state index in [-0.39, 0.29) is 25.5 Å². The molecule has 0 aliphatic rings. The van der Waals surface area contributed by atoms with Crippen molar-refractivity contribution in [3.8, 4) is 11.5 Å². The summed E-state index contributed by atoms with van der Waals surface area (Å²) in [6, 6.07) is 7.20. The minimum absolute atomic E-state index is 0.0139. The predicted octanol–water partition coefficient (Wildman–Crippen LogP) is 3.35. The third kappa shape index (κ3) is 6.98. The molecule has 0 unspecified atom stereocenters. The highest BCUT2D eigenvalue weighted by Gasteiger charge is 2.23. The quantitative estimate of drug-likeness (QED) is 0.323.